The molecule has 1 atom stereocenters. The smallest absolute Gasteiger partial charge is 0.302 e. The Morgan fingerprint density at radius 1 is 1.50 bits per heavy atom. The molecule has 0 amide bonds. The van der Waals surface area contributed by atoms with Gasteiger partial charge in [-0.25, -0.2) is 0 Å². The van der Waals surface area contributed by atoms with Crippen molar-refractivity contribution in [2.24, 2.45) is 0 Å². The molecule has 0 aliphatic heterocycles. The van der Waals surface area contributed by atoms with Gasteiger partial charge in [-0.05, 0) is 0 Å². The third-order valence-electron chi connectivity index (χ3n) is 1.42. The molecule has 1 unspecified atom stereocenters. The van der Waals surface area contributed by atoms with Crippen molar-refractivity contribution in [3.63, 3.8) is 0 Å². The van der Waals surface area contributed by atoms with Gasteiger partial charge >= 0.3 is 5.97 Å². The van der Waals surface area contributed by atoms with E-state index in [2.05, 4.69) is 17.4 Å². The van der Waals surface area contributed by atoms with Crippen molar-refractivity contribution >= 4 is 24.4 Å². The normalized spacial score (nSPS) is 12.2. The highest BCUT2D eigenvalue weighted by Gasteiger charge is 2.11. The van der Waals surface area contributed by atoms with Gasteiger partial charge in [0.05, 0.1) is 11.9 Å². The number of carbonyl (C=O) groups is 2. The molecule has 0 aliphatic carbocycles. The number of ketones is 1. The zero-order valence-electron chi connectivity index (χ0n) is 7.37. The summed E-state index contributed by atoms with van der Waals surface area (Å²) in [4.78, 5) is 21.3. The van der Waals surface area contributed by atoms with Crippen LogP contribution in [-0.2, 0) is 14.3 Å². The fourth-order valence-corrected chi connectivity index (χ4v) is 0.999. The maximum absolute atomic E-state index is 11.0. The summed E-state index contributed by atoms with van der Waals surface area (Å²) in [6.07, 6.45) is 0.976. The molecule has 0 aliphatic rings. The zero-order valence-corrected chi connectivity index (χ0v) is 8.27. The van der Waals surface area contributed by atoms with Crippen LogP contribution in [0.5, 0.6) is 0 Å². The van der Waals surface area contributed by atoms with Gasteiger partial charge in [-0.1, -0.05) is 6.92 Å². The molecular weight excluding hydrogens is 176 g/mol. The van der Waals surface area contributed by atoms with Gasteiger partial charge in [-0.15, -0.1) is 0 Å². The number of thiol groups is 1. The fraction of sp³-hybridized carbons (Fsp3) is 0.750. The Morgan fingerprint density at radius 2 is 2.08 bits per heavy atom. The van der Waals surface area contributed by atoms with Gasteiger partial charge in [0.25, 0.3) is 0 Å². The molecule has 0 heterocycles. The Labute approximate surface area is 77.9 Å². The highest BCUT2D eigenvalue weighted by atomic mass is 32.1. The molecule has 0 saturated heterocycles. The van der Waals surface area contributed by atoms with Crippen LogP contribution in [-0.4, -0.2) is 23.6 Å². The Kier molecular flexibility index (Phi) is 5.80. The van der Waals surface area contributed by atoms with Crippen LogP contribution in [0.2, 0.25) is 0 Å². The third kappa shape index (κ3) is 5.18. The van der Waals surface area contributed by atoms with E-state index in [0.29, 0.717) is 12.8 Å². The summed E-state index contributed by atoms with van der Waals surface area (Å²) in [7, 11) is 0. The van der Waals surface area contributed by atoms with Gasteiger partial charge in [-0.3, -0.25) is 9.59 Å². The van der Waals surface area contributed by atoms with Gasteiger partial charge < -0.3 is 4.74 Å². The van der Waals surface area contributed by atoms with Crippen LogP contribution in [0, 0.1) is 0 Å². The molecule has 12 heavy (non-hydrogen) atoms. The minimum atomic E-state index is -0.320. The van der Waals surface area contributed by atoms with E-state index in [1.807, 2.05) is 0 Å². The Balaban J connectivity index is 3.50. The van der Waals surface area contributed by atoms with E-state index >= 15 is 0 Å². The molecule has 0 spiro atoms. The first-order chi connectivity index (χ1) is 5.57. The number of hydrogen-bond donors (Lipinski definition) is 1. The second kappa shape index (κ2) is 6.06. The molecule has 0 N–H and O–H groups in total. The van der Waals surface area contributed by atoms with E-state index in [1.165, 1.54) is 6.92 Å². The summed E-state index contributed by atoms with van der Waals surface area (Å²) < 4.78 is 4.67. The zero-order chi connectivity index (χ0) is 9.56. The molecule has 0 aromatic carbocycles. The molecule has 0 radical (unpaired) electrons. The SMILES string of the molecule is CCC(=O)C(S)CCOC(C)=O. The molecule has 4 heteroatoms. The van der Waals surface area contributed by atoms with Crippen LogP contribution in [0.4, 0.5) is 0 Å². The lowest BCUT2D eigenvalue weighted by atomic mass is 10.2. The third-order valence-corrected chi connectivity index (χ3v) is 1.96. The number of esters is 1. The number of rotatable bonds is 5. The van der Waals surface area contributed by atoms with Gasteiger partial charge in [0.15, 0.2) is 0 Å². The fourth-order valence-electron chi connectivity index (χ4n) is 0.711. The molecule has 0 saturated carbocycles. The maximum Gasteiger partial charge on any atom is 0.302 e. The van der Waals surface area contributed by atoms with E-state index in [9.17, 15) is 9.59 Å². The second-order valence-corrected chi connectivity index (χ2v) is 3.09. The number of ether oxygens (including phenoxy) is 1. The van der Waals surface area contributed by atoms with E-state index < -0.39 is 0 Å². The first kappa shape index (κ1) is 11.5. The summed E-state index contributed by atoms with van der Waals surface area (Å²) in [5.41, 5.74) is 0. The van der Waals surface area contributed by atoms with Crippen LogP contribution in [0.25, 0.3) is 0 Å². The van der Waals surface area contributed by atoms with Gasteiger partial charge in [-0.2, -0.15) is 12.6 Å². The van der Waals surface area contributed by atoms with E-state index in [1.54, 1.807) is 6.92 Å². The van der Waals surface area contributed by atoms with Crippen molar-refractivity contribution in [3.05, 3.63) is 0 Å². The molecule has 0 aromatic rings. The predicted molar refractivity (Wildman–Crippen MR) is 49.3 cm³/mol. The Hall–Kier alpha value is -0.510. The standard InChI is InChI=1S/C8H14O3S/c1-3-7(10)8(12)4-5-11-6(2)9/h8,12H,3-5H2,1-2H3. The first-order valence-electron chi connectivity index (χ1n) is 3.92. The lowest BCUT2D eigenvalue weighted by Crippen LogP contribution is -2.16. The van der Waals surface area contributed by atoms with Crippen molar-refractivity contribution < 1.29 is 14.3 Å². The predicted octanol–water partition coefficient (Wildman–Crippen LogP) is 1.22. The van der Waals surface area contributed by atoms with E-state index in [0.717, 1.165) is 0 Å². The molecule has 0 fully saturated rings. The molecule has 0 rings (SSSR count). The average Bonchev–Trinajstić information content (AvgIpc) is 2.02. The molecule has 70 valence electrons. The van der Waals surface area contributed by atoms with Crippen molar-refractivity contribution in [3.8, 4) is 0 Å². The molecular formula is C8H14O3S. The molecule has 3 nitrogen and oxygen atoms in total. The van der Waals surface area contributed by atoms with Crippen LogP contribution >= 0.6 is 12.6 Å². The minimum absolute atomic E-state index is 0.0884. The van der Waals surface area contributed by atoms with E-state index in [-0.39, 0.29) is 23.6 Å². The minimum Gasteiger partial charge on any atom is -0.466 e. The number of Topliss-reactive ketones (excluding diaryl/α,β-unsaturated/α-hetero) is 1. The summed E-state index contributed by atoms with van der Waals surface area (Å²) >= 11 is 4.07. The summed E-state index contributed by atoms with van der Waals surface area (Å²) in [5.74, 6) is -0.232. The second-order valence-electron chi connectivity index (χ2n) is 2.46. The molecule has 0 aromatic heterocycles. The first-order valence-corrected chi connectivity index (χ1v) is 4.43. The van der Waals surface area contributed by atoms with Crippen LogP contribution in [0.15, 0.2) is 0 Å². The monoisotopic (exact) mass is 190 g/mol. The van der Waals surface area contributed by atoms with Gasteiger partial charge in [0.1, 0.15) is 5.78 Å². The summed E-state index contributed by atoms with van der Waals surface area (Å²) in [6, 6.07) is 0. The van der Waals surface area contributed by atoms with Crippen molar-refractivity contribution in [1.29, 1.82) is 0 Å². The topological polar surface area (TPSA) is 43.4 Å². The van der Waals surface area contributed by atoms with Gasteiger partial charge in [0.2, 0.25) is 0 Å². The number of carbonyl (C=O) groups excluding carboxylic acids is 2. The van der Waals surface area contributed by atoms with Crippen molar-refractivity contribution in [2.45, 2.75) is 31.9 Å². The molecule has 0 bridgehead atoms. The van der Waals surface area contributed by atoms with Gasteiger partial charge in [0, 0.05) is 19.8 Å². The lowest BCUT2D eigenvalue weighted by Gasteiger charge is -2.07. The highest BCUT2D eigenvalue weighted by Crippen LogP contribution is 2.05. The highest BCUT2D eigenvalue weighted by molar-refractivity contribution is 7.81. The van der Waals surface area contributed by atoms with Crippen LogP contribution < -0.4 is 0 Å². The van der Waals surface area contributed by atoms with Crippen molar-refractivity contribution in [1.82, 2.24) is 0 Å². The van der Waals surface area contributed by atoms with Crippen LogP contribution in [0.1, 0.15) is 26.7 Å². The van der Waals surface area contributed by atoms with Crippen LogP contribution in [0.3, 0.4) is 0 Å². The summed E-state index contributed by atoms with van der Waals surface area (Å²) in [5, 5.41) is -0.297. The maximum atomic E-state index is 11.0. The lowest BCUT2D eigenvalue weighted by molar-refractivity contribution is -0.141. The summed E-state index contributed by atoms with van der Waals surface area (Å²) in [6.45, 7) is 3.40. The Morgan fingerprint density at radius 3 is 2.50 bits per heavy atom. The average molecular weight is 190 g/mol. The number of hydrogen-bond acceptors (Lipinski definition) is 4. The Bertz CT molecular complexity index is 168. The van der Waals surface area contributed by atoms with Crippen molar-refractivity contribution in [2.75, 3.05) is 6.61 Å². The largest absolute Gasteiger partial charge is 0.466 e. The van der Waals surface area contributed by atoms with E-state index in [4.69, 9.17) is 0 Å². The quantitative estimate of drug-likeness (QED) is 0.523.